The Labute approximate surface area is 120 Å². The molecule has 0 radical (unpaired) electrons. The molecule has 1 heterocycles. The number of benzene rings is 2. The number of hydrogen-bond acceptors (Lipinski definition) is 2. The summed E-state index contributed by atoms with van der Waals surface area (Å²) in [5.41, 5.74) is 3.79. The summed E-state index contributed by atoms with van der Waals surface area (Å²) in [5, 5.41) is 7.03. The van der Waals surface area contributed by atoms with Gasteiger partial charge >= 0.3 is 0 Å². The molecule has 2 aromatic rings. The third-order valence-corrected chi connectivity index (χ3v) is 3.43. The molecule has 1 unspecified atom stereocenters. The lowest BCUT2D eigenvalue weighted by molar-refractivity contribution is 0.794. The topological polar surface area (TPSA) is 24.1 Å². The van der Waals surface area contributed by atoms with Crippen molar-refractivity contribution >= 4 is 18.1 Å². The van der Waals surface area contributed by atoms with Crippen LogP contribution in [0.5, 0.6) is 0 Å². The van der Waals surface area contributed by atoms with Gasteiger partial charge in [-0.15, -0.1) is 12.4 Å². The van der Waals surface area contributed by atoms with Crippen LogP contribution in [-0.2, 0) is 0 Å². The molecule has 2 nitrogen and oxygen atoms in total. The average molecular weight is 275 g/mol. The average Bonchev–Trinajstić information content (AvgIpc) is 2.93. The molecule has 0 bridgehead atoms. The van der Waals surface area contributed by atoms with E-state index in [0.29, 0.717) is 6.04 Å². The number of nitrogens with one attached hydrogen (secondary N) is 2. The standard InChI is InChI=1S/C16H18N2.ClH/c1-2-6-13(7-3-1)15-8-4-5-9-16(15)18-14-10-11-17-12-14;/h1-9,14,17-18H,10-12H2;1H. The molecule has 19 heavy (non-hydrogen) atoms. The van der Waals surface area contributed by atoms with Crippen molar-refractivity contribution in [2.45, 2.75) is 12.5 Å². The molecule has 1 fully saturated rings. The van der Waals surface area contributed by atoms with Gasteiger partial charge in [0.15, 0.2) is 0 Å². The van der Waals surface area contributed by atoms with E-state index < -0.39 is 0 Å². The molecule has 2 aromatic carbocycles. The van der Waals surface area contributed by atoms with Gasteiger partial charge in [-0.3, -0.25) is 0 Å². The zero-order valence-electron chi connectivity index (χ0n) is 10.8. The largest absolute Gasteiger partial charge is 0.380 e. The molecular weight excluding hydrogens is 256 g/mol. The van der Waals surface area contributed by atoms with Crippen LogP contribution in [-0.4, -0.2) is 19.1 Å². The second-order valence-corrected chi connectivity index (χ2v) is 4.75. The normalized spacial score (nSPS) is 17.8. The Kier molecular flexibility index (Phi) is 4.83. The predicted octanol–water partition coefficient (Wildman–Crippen LogP) is 3.55. The van der Waals surface area contributed by atoms with Crippen LogP contribution in [0.15, 0.2) is 54.6 Å². The number of halogens is 1. The van der Waals surface area contributed by atoms with E-state index in [2.05, 4.69) is 65.2 Å². The van der Waals surface area contributed by atoms with Crippen LogP contribution in [0.1, 0.15) is 6.42 Å². The Bertz CT molecular complexity index is 507. The lowest BCUT2D eigenvalue weighted by Crippen LogP contribution is -2.22. The van der Waals surface area contributed by atoms with Gasteiger partial charge < -0.3 is 10.6 Å². The van der Waals surface area contributed by atoms with Crippen LogP contribution >= 0.6 is 12.4 Å². The van der Waals surface area contributed by atoms with Crippen molar-refractivity contribution in [3.63, 3.8) is 0 Å². The predicted molar refractivity (Wildman–Crippen MR) is 84.0 cm³/mol. The zero-order valence-corrected chi connectivity index (χ0v) is 11.6. The Morgan fingerprint density at radius 3 is 2.42 bits per heavy atom. The molecule has 0 aliphatic carbocycles. The van der Waals surface area contributed by atoms with Gasteiger partial charge in [0.25, 0.3) is 0 Å². The Balaban J connectivity index is 0.00000133. The fourth-order valence-electron chi connectivity index (χ4n) is 2.48. The summed E-state index contributed by atoms with van der Waals surface area (Å²) >= 11 is 0. The molecule has 0 aromatic heterocycles. The molecular formula is C16H19ClN2. The maximum Gasteiger partial charge on any atom is 0.0422 e. The molecule has 100 valence electrons. The monoisotopic (exact) mass is 274 g/mol. The van der Waals surface area contributed by atoms with Crippen molar-refractivity contribution in [1.29, 1.82) is 0 Å². The van der Waals surface area contributed by atoms with Gasteiger partial charge in [0, 0.05) is 23.8 Å². The highest BCUT2D eigenvalue weighted by Crippen LogP contribution is 2.28. The summed E-state index contributed by atoms with van der Waals surface area (Å²) in [7, 11) is 0. The van der Waals surface area contributed by atoms with E-state index in [0.717, 1.165) is 13.1 Å². The van der Waals surface area contributed by atoms with Crippen LogP contribution < -0.4 is 10.6 Å². The lowest BCUT2D eigenvalue weighted by atomic mass is 10.0. The molecule has 1 aliphatic rings. The number of rotatable bonds is 3. The van der Waals surface area contributed by atoms with Gasteiger partial charge in [-0.1, -0.05) is 48.5 Å². The summed E-state index contributed by atoms with van der Waals surface area (Å²) in [6, 6.07) is 19.6. The number of hydrogen-bond donors (Lipinski definition) is 2. The molecule has 0 amide bonds. The van der Waals surface area contributed by atoms with Gasteiger partial charge in [-0.05, 0) is 24.6 Å². The van der Waals surface area contributed by atoms with Crippen molar-refractivity contribution in [3.8, 4) is 11.1 Å². The molecule has 1 saturated heterocycles. The summed E-state index contributed by atoms with van der Waals surface area (Å²) in [6.45, 7) is 2.17. The van der Waals surface area contributed by atoms with Gasteiger partial charge in [0.2, 0.25) is 0 Å². The highest BCUT2D eigenvalue weighted by atomic mass is 35.5. The quantitative estimate of drug-likeness (QED) is 0.894. The summed E-state index contributed by atoms with van der Waals surface area (Å²) in [5.74, 6) is 0. The highest BCUT2D eigenvalue weighted by molar-refractivity contribution is 5.85. The van der Waals surface area contributed by atoms with E-state index in [9.17, 15) is 0 Å². The highest BCUT2D eigenvalue weighted by Gasteiger charge is 2.15. The summed E-state index contributed by atoms with van der Waals surface area (Å²) in [6.07, 6.45) is 1.20. The van der Waals surface area contributed by atoms with E-state index >= 15 is 0 Å². The van der Waals surface area contributed by atoms with E-state index in [1.807, 2.05) is 0 Å². The number of para-hydroxylation sites is 1. The molecule has 0 saturated carbocycles. The summed E-state index contributed by atoms with van der Waals surface area (Å²) < 4.78 is 0. The van der Waals surface area contributed by atoms with Gasteiger partial charge in [0.1, 0.15) is 0 Å². The molecule has 3 rings (SSSR count). The van der Waals surface area contributed by atoms with E-state index in [4.69, 9.17) is 0 Å². The molecule has 1 atom stereocenters. The second kappa shape index (κ2) is 6.60. The molecule has 0 spiro atoms. The maximum absolute atomic E-state index is 3.65. The maximum atomic E-state index is 3.65. The first-order valence-corrected chi connectivity index (χ1v) is 6.55. The van der Waals surface area contributed by atoms with E-state index in [1.165, 1.54) is 23.2 Å². The zero-order chi connectivity index (χ0) is 12.2. The van der Waals surface area contributed by atoms with Crippen molar-refractivity contribution in [3.05, 3.63) is 54.6 Å². The first-order valence-electron chi connectivity index (χ1n) is 6.55. The van der Waals surface area contributed by atoms with Crippen molar-refractivity contribution in [1.82, 2.24) is 5.32 Å². The SMILES string of the molecule is Cl.c1ccc(-c2ccccc2NC2CCNC2)cc1. The first kappa shape index (κ1) is 13.9. The van der Waals surface area contributed by atoms with Crippen LogP contribution in [0.25, 0.3) is 11.1 Å². The minimum absolute atomic E-state index is 0. The van der Waals surface area contributed by atoms with Gasteiger partial charge in [0.05, 0.1) is 0 Å². The fraction of sp³-hybridized carbons (Fsp3) is 0.250. The molecule has 3 heteroatoms. The van der Waals surface area contributed by atoms with Crippen molar-refractivity contribution in [2.75, 3.05) is 18.4 Å². The van der Waals surface area contributed by atoms with Crippen LogP contribution in [0.4, 0.5) is 5.69 Å². The van der Waals surface area contributed by atoms with Crippen molar-refractivity contribution in [2.24, 2.45) is 0 Å². The fourth-order valence-corrected chi connectivity index (χ4v) is 2.48. The lowest BCUT2D eigenvalue weighted by Gasteiger charge is -2.16. The Hall–Kier alpha value is -1.51. The van der Waals surface area contributed by atoms with Crippen LogP contribution in [0.2, 0.25) is 0 Å². The van der Waals surface area contributed by atoms with Crippen molar-refractivity contribution < 1.29 is 0 Å². The van der Waals surface area contributed by atoms with Crippen LogP contribution in [0, 0.1) is 0 Å². The Morgan fingerprint density at radius 1 is 0.947 bits per heavy atom. The van der Waals surface area contributed by atoms with E-state index in [-0.39, 0.29) is 12.4 Å². The van der Waals surface area contributed by atoms with E-state index in [1.54, 1.807) is 0 Å². The van der Waals surface area contributed by atoms with Gasteiger partial charge in [-0.2, -0.15) is 0 Å². The summed E-state index contributed by atoms with van der Waals surface area (Å²) in [4.78, 5) is 0. The second-order valence-electron chi connectivity index (χ2n) is 4.75. The third kappa shape index (κ3) is 3.28. The van der Waals surface area contributed by atoms with Crippen LogP contribution in [0.3, 0.4) is 0 Å². The molecule has 1 aliphatic heterocycles. The minimum atomic E-state index is 0. The Morgan fingerprint density at radius 2 is 1.68 bits per heavy atom. The first-order chi connectivity index (χ1) is 8.93. The third-order valence-electron chi connectivity index (χ3n) is 3.43. The minimum Gasteiger partial charge on any atom is -0.380 e. The molecule has 2 N–H and O–H groups in total. The smallest absolute Gasteiger partial charge is 0.0422 e. The van der Waals surface area contributed by atoms with Gasteiger partial charge in [-0.25, -0.2) is 0 Å². The number of anilines is 1.